The van der Waals surface area contributed by atoms with Crippen LogP contribution in [0.2, 0.25) is 0 Å². The van der Waals surface area contributed by atoms with Crippen LogP contribution in [0.4, 0.5) is 23.7 Å². The van der Waals surface area contributed by atoms with E-state index in [2.05, 4.69) is 5.32 Å². The number of nitrogens with one attached hydrogen (secondary N) is 1. The number of nitrogens with zero attached hydrogens (tertiary/aromatic N) is 1. The number of carbonyl (C=O) groups excluding carboxylic acids is 1. The first-order valence-corrected chi connectivity index (χ1v) is 7.12. The molecule has 0 saturated carbocycles. The number of rotatable bonds is 1. The van der Waals surface area contributed by atoms with Crippen molar-refractivity contribution in [2.75, 3.05) is 18.4 Å². The number of amides is 2. The van der Waals surface area contributed by atoms with Crippen molar-refractivity contribution < 1.29 is 18.0 Å². The third kappa shape index (κ3) is 4.12. The molecule has 0 bridgehead atoms. The highest BCUT2D eigenvalue weighted by Crippen LogP contribution is 2.32. The predicted octanol–water partition coefficient (Wildman–Crippen LogP) is 4.42. The zero-order valence-corrected chi connectivity index (χ0v) is 12.0. The smallest absolute Gasteiger partial charge is 0.325 e. The molecule has 1 saturated heterocycles. The van der Waals surface area contributed by atoms with Crippen molar-refractivity contribution in [3.63, 3.8) is 0 Å². The van der Waals surface area contributed by atoms with Crippen molar-refractivity contribution in [3.8, 4) is 0 Å². The van der Waals surface area contributed by atoms with Crippen LogP contribution in [0.1, 0.15) is 36.8 Å². The molecule has 0 aromatic heterocycles. The van der Waals surface area contributed by atoms with Crippen molar-refractivity contribution in [2.45, 2.75) is 38.8 Å². The first kappa shape index (κ1) is 15.7. The Bertz CT molecular complexity index is 506. The lowest BCUT2D eigenvalue weighted by Gasteiger charge is -2.22. The van der Waals surface area contributed by atoms with Gasteiger partial charge in [-0.05, 0) is 37.5 Å². The van der Waals surface area contributed by atoms with Crippen molar-refractivity contribution >= 4 is 11.7 Å². The minimum Gasteiger partial charge on any atom is -0.325 e. The Morgan fingerprint density at radius 2 is 1.76 bits per heavy atom. The van der Waals surface area contributed by atoms with Crippen LogP contribution in [-0.2, 0) is 6.18 Å². The standard InChI is InChI=1S/C15H19F3N2O/c1-11-6-7-12(15(16,17)18)10-13(11)19-14(21)20-8-4-2-3-5-9-20/h6-7,10H,2-5,8-9H2,1H3,(H,19,21). The van der Waals surface area contributed by atoms with Crippen LogP contribution in [0.15, 0.2) is 18.2 Å². The quantitative estimate of drug-likeness (QED) is 0.818. The Kier molecular flexibility index (Phi) is 4.75. The Labute approximate surface area is 122 Å². The maximum Gasteiger partial charge on any atom is 0.416 e. The summed E-state index contributed by atoms with van der Waals surface area (Å²) >= 11 is 0. The van der Waals surface area contributed by atoms with Gasteiger partial charge >= 0.3 is 12.2 Å². The highest BCUT2D eigenvalue weighted by atomic mass is 19.4. The Morgan fingerprint density at radius 1 is 1.14 bits per heavy atom. The fourth-order valence-electron chi connectivity index (χ4n) is 2.40. The van der Waals surface area contributed by atoms with Crippen LogP contribution in [0, 0.1) is 6.92 Å². The molecule has 0 aliphatic carbocycles. The van der Waals surface area contributed by atoms with E-state index in [0.717, 1.165) is 37.8 Å². The number of aryl methyl sites for hydroxylation is 1. The van der Waals surface area contributed by atoms with E-state index in [-0.39, 0.29) is 11.7 Å². The zero-order valence-electron chi connectivity index (χ0n) is 12.0. The molecule has 21 heavy (non-hydrogen) atoms. The van der Waals surface area contributed by atoms with Crippen molar-refractivity contribution in [2.24, 2.45) is 0 Å². The molecule has 1 fully saturated rings. The minimum atomic E-state index is -4.41. The summed E-state index contributed by atoms with van der Waals surface area (Å²) in [7, 11) is 0. The number of urea groups is 1. The molecule has 1 aromatic rings. The van der Waals surface area contributed by atoms with Gasteiger partial charge in [-0.1, -0.05) is 18.9 Å². The van der Waals surface area contributed by atoms with Crippen molar-refractivity contribution in [3.05, 3.63) is 29.3 Å². The largest absolute Gasteiger partial charge is 0.416 e. The van der Waals surface area contributed by atoms with Gasteiger partial charge in [0.05, 0.1) is 5.56 Å². The Morgan fingerprint density at radius 3 is 2.33 bits per heavy atom. The molecule has 1 aliphatic rings. The number of benzene rings is 1. The molecule has 1 heterocycles. The topological polar surface area (TPSA) is 32.3 Å². The van der Waals surface area contributed by atoms with Gasteiger partial charge in [0.25, 0.3) is 0 Å². The first-order chi connectivity index (χ1) is 9.88. The molecule has 1 N–H and O–H groups in total. The van der Waals surface area contributed by atoms with Gasteiger partial charge in [-0.3, -0.25) is 0 Å². The fraction of sp³-hybridized carbons (Fsp3) is 0.533. The second-order valence-corrected chi connectivity index (χ2v) is 5.36. The summed E-state index contributed by atoms with van der Waals surface area (Å²) < 4.78 is 38.2. The summed E-state index contributed by atoms with van der Waals surface area (Å²) in [4.78, 5) is 13.8. The van der Waals surface area contributed by atoms with E-state index >= 15 is 0 Å². The molecular formula is C15H19F3N2O. The predicted molar refractivity (Wildman–Crippen MR) is 75.2 cm³/mol. The van der Waals surface area contributed by atoms with Gasteiger partial charge in [0.2, 0.25) is 0 Å². The molecule has 116 valence electrons. The average molecular weight is 300 g/mol. The van der Waals surface area contributed by atoms with Crippen LogP contribution in [0.25, 0.3) is 0 Å². The maximum atomic E-state index is 12.7. The highest BCUT2D eigenvalue weighted by molar-refractivity contribution is 5.90. The number of hydrogen-bond acceptors (Lipinski definition) is 1. The summed E-state index contributed by atoms with van der Waals surface area (Å²) in [5.74, 6) is 0. The van der Waals surface area contributed by atoms with Gasteiger partial charge < -0.3 is 10.2 Å². The summed E-state index contributed by atoms with van der Waals surface area (Å²) in [6.07, 6.45) is -0.349. The van der Waals surface area contributed by atoms with E-state index in [1.807, 2.05) is 0 Å². The fourth-order valence-corrected chi connectivity index (χ4v) is 2.40. The second-order valence-electron chi connectivity index (χ2n) is 5.36. The molecule has 0 spiro atoms. The Balaban J connectivity index is 2.12. The normalized spacial score (nSPS) is 16.5. The molecule has 3 nitrogen and oxygen atoms in total. The molecular weight excluding hydrogens is 281 g/mol. The molecule has 0 radical (unpaired) electrons. The van der Waals surface area contributed by atoms with Gasteiger partial charge in [-0.25, -0.2) is 4.79 Å². The lowest BCUT2D eigenvalue weighted by molar-refractivity contribution is -0.137. The first-order valence-electron chi connectivity index (χ1n) is 7.12. The van der Waals surface area contributed by atoms with Gasteiger partial charge in [0, 0.05) is 18.8 Å². The third-order valence-electron chi connectivity index (χ3n) is 3.70. The van der Waals surface area contributed by atoms with E-state index < -0.39 is 11.7 Å². The Hall–Kier alpha value is -1.72. The molecule has 2 rings (SSSR count). The average Bonchev–Trinajstić information content (AvgIpc) is 2.68. The number of likely N-dealkylation sites (tertiary alicyclic amines) is 1. The lowest BCUT2D eigenvalue weighted by Crippen LogP contribution is -2.35. The van der Waals surface area contributed by atoms with E-state index in [4.69, 9.17) is 0 Å². The lowest BCUT2D eigenvalue weighted by atomic mass is 10.1. The molecule has 2 amide bonds. The van der Waals surface area contributed by atoms with Crippen LogP contribution >= 0.6 is 0 Å². The van der Waals surface area contributed by atoms with Gasteiger partial charge in [0.15, 0.2) is 0 Å². The summed E-state index contributed by atoms with van der Waals surface area (Å²) in [5.41, 5.74) is 0.0875. The van der Waals surface area contributed by atoms with E-state index in [9.17, 15) is 18.0 Å². The molecule has 0 unspecified atom stereocenters. The third-order valence-corrected chi connectivity index (χ3v) is 3.70. The summed E-state index contributed by atoms with van der Waals surface area (Å²) in [5, 5.41) is 2.61. The monoisotopic (exact) mass is 300 g/mol. The zero-order chi connectivity index (χ0) is 15.5. The van der Waals surface area contributed by atoms with Crippen LogP contribution < -0.4 is 5.32 Å². The molecule has 6 heteroatoms. The van der Waals surface area contributed by atoms with Gasteiger partial charge in [-0.15, -0.1) is 0 Å². The summed E-state index contributed by atoms with van der Waals surface area (Å²) in [6.45, 7) is 2.99. The minimum absolute atomic E-state index is 0.221. The number of hydrogen-bond donors (Lipinski definition) is 1. The summed E-state index contributed by atoms with van der Waals surface area (Å²) in [6, 6.07) is 3.07. The number of halogens is 3. The molecule has 0 atom stereocenters. The highest BCUT2D eigenvalue weighted by Gasteiger charge is 2.31. The molecule has 1 aliphatic heterocycles. The van der Waals surface area contributed by atoms with E-state index in [1.165, 1.54) is 6.07 Å². The SMILES string of the molecule is Cc1ccc(C(F)(F)F)cc1NC(=O)N1CCCCCC1. The maximum absolute atomic E-state index is 12.7. The number of anilines is 1. The van der Waals surface area contributed by atoms with Crippen molar-refractivity contribution in [1.82, 2.24) is 4.90 Å². The van der Waals surface area contributed by atoms with E-state index in [0.29, 0.717) is 18.7 Å². The van der Waals surface area contributed by atoms with Crippen LogP contribution in [0.3, 0.4) is 0 Å². The van der Waals surface area contributed by atoms with Crippen LogP contribution in [-0.4, -0.2) is 24.0 Å². The van der Waals surface area contributed by atoms with Crippen LogP contribution in [0.5, 0.6) is 0 Å². The second kappa shape index (κ2) is 6.37. The van der Waals surface area contributed by atoms with E-state index in [1.54, 1.807) is 11.8 Å². The molecule has 1 aromatic carbocycles. The van der Waals surface area contributed by atoms with Gasteiger partial charge in [0.1, 0.15) is 0 Å². The van der Waals surface area contributed by atoms with Crippen molar-refractivity contribution in [1.29, 1.82) is 0 Å². The number of carbonyl (C=O) groups is 1. The van der Waals surface area contributed by atoms with Gasteiger partial charge in [-0.2, -0.15) is 13.2 Å². The number of alkyl halides is 3.